The number of allylic oxidation sites excluding steroid dienone is 6. The van der Waals surface area contributed by atoms with Crippen LogP contribution in [0.25, 0.3) is 36.5 Å². The lowest BCUT2D eigenvalue weighted by molar-refractivity contribution is -0.111. The molecular formula is C52H43Cl3O3. The van der Waals surface area contributed by atoms with Crippen molar-refractivity contribution >= 4 is 88.6 Å². The molecule has 0 saturated carbocycles. The van der Waals surface area contributed by atoms with E-state index in [-0.39, 0.29) is 17.3 Å². The standard InChI is InChI=1S/3C17H14O.CHCl3/c3*18-17(13-11-15-7-3-1-4-8-15)14-12-16-9-5-2-6-10-16;2-1(3)4/h3*1-14H;1H/b3*13-11-,14-12+;. The minimum atomic E-state index is -0.750. The van der Waals surface area contributed by atoms with Crippen LogP contribution in [-0.2, 0) is 14.4 Å². The van der Waals surface area contributed by atoms with Crippen LogP contribution in [0.1, 0.15) is 33.4 Å². The fourth-order valence-electron chi connectivity index (χ4n) is 4.62. The molecule has 290 valence electrons. The van der Waals surface area contributed by atoms with Crippen LogP contribution in [0.3, 0.4) is 0 Å². The summed E-state index contributed by atoms with van der Waals surface area (Å²) < 4.78 is -0.750. The van der Waals surface area contributed by atoms with Crippen molar-refractivity contribution in [3.63, 3.8) is 0 Å². The lowest BCUT2D eigenvalue weighted by Gasteiger charge is -1.91. The molecule has 6 aromatic carbocycles. The third-order valence-corrected chi connectivity index (χ3v) is 7.44. The van der Waals surface area contributed by atoms with Crippen molar-refractivity contribution in [1.29, 1.82) is 0 Å². The first-order valence-electron chi connectivity index (χ1n) is 18.2. The highest BCUT2D eigenvalue weighted by molar-refractivity contribution is 6.63. The summed E-state index contributed by atoms with van der Waals surface area (Å²) in [5.41, 5.74) is 6.16. The summed E-state index contributed by atoms with van der Waals surface area (Å²) in [5.74, 6) is -0.0341. The highest BCUT2D eigenvalue weighted by Crippen LogP contribution is 2.07. The average Bonchev–Trinajstić information content (AvgIpc) is 3.27. The molecule has 0 saturated heterocycles. The van der Waals surface area contributed by atoms with Gasteiger partial charge in [-0.05, 0) is 69.8 Å². The first-order valence-corrected chi connectivity index (χ1v) is 19.5. The van der Waals surface area contributed by atoms with Crippen LogP contribution in [0.4, 0.5) is 0 Å². The quantitative estimate of drug-likeness (QED) is 0.0913. The van der Waals surface area contributed by atoms with E-state index in [2.05, 4.69) is 0 Å². The number of carbonyl (C=O) groups is 3. The van der Waals surface area contributed by atoms with Crippen molar-refractivity contribution in [1.82, 2.24) is 0 Å². The summed E-state index contributed by atoms with van der Waals surface area (Å²) in [5, 5.41) is 0. The molecule has 0 bridgehead atoms. The Morgan fingerprint density at radius 3 is 0.517 bits per heavy atom. The summed E-state index contributed by atoms with van der Waals surface area (Å²) in [6.45, 7) is 0. The molecule has 0 aliphatic carbocycles. The molecule has 6 rings (SSSR count). The summed E-state index contributed by atoms with van der Waals surface area (Å²) in [4.78, 5) is 34.8. The van der Waals surface area contributed by atoms with Crippen molar-refractivity contribution < 1.29 is 14.4 Å². The molecule has 0 aromatic heterocycles. The second-order valence-electron chi connectivity index (χ2n) is 11.9. The molecule has 0 fully saturated rings. The van der Waals surface area contributed by atoms with Crippen molar-refractivity contribution in [3.8, 4) is 0 Å². The van der Waals surface area contributed by atoms with Gasteiger partial charge in [0.25, 0.3) is 0 Å². The Bertz CT molecular complexity index is 1820. The van der Waals surface area contributed by atoms with Crippen molar-refractivity contribution in [2.24, 2.45) is 0 Å². The molecule has 0 aliphatic heterocycles. The van der Waals surface area contributed by atoms with Gasteiger partial charge in [-0.25, -0.2) is 0 Å². The van der Waals surface area contributed by atoms with Crippen LogP contribution >= 0.6 is 34.8 Å². The Balaban J connectivity index is 0.000000222. The van der Waals surface area contributed by atoms with E-state index >= 15 is 0 Å². The maximum absolute atomic E-state index is 11.6. The second-order valence-corrected chi connectivity index (χ2v) is 13.9. The van der Waals surface area contributed by atoms with E-state index < -0.39 is 4.30 Å². The van der Waals surface area contributed by atoms with Gasteiger partial charge in [0.2, 0.25) is 0 Å². The number of rotatable bonds is 12. The van der Waals surface area contributed by atoms with Gasteiger partial charge >= 0.3 is 0 Å². The summed E-state index contributed by atoms with van der Waals surface area (Å²) >= 11 is 14.4. The fraction of sp³-hybridized carbons (Fsp3) is 0.0192. The van der Waals surface area contributed by atoms with Crippen LogP contribution < -0.4 is 0 Å². The normalized spacial score (nSPS) is 11.0. The molecule has 58 heavy (non-hydrogen) atoms. The highest BCUT2D eigenvalue weighted by atomic mass is 35.6. The molecule has 0 atom stereocenters. The van der Waals surface area contributed by atoms with E-state index in [0.29, 0.717) is 0 Å². The topological polar surface area (TPSA) is 51.2 Å². The molecule has 0 amide bonds. The maximum atomic E-state index is 11.6. The van der Waals surface area contributed by atoms with E-state index in [1.54, 1.807) is 36.5 Å². The molecule has 0 N–H and O–H groups in total. The Labute approximate surface area is 357 Å². The fourth-order valence-corrected chi connectivity index (χ4v) is 4.62. The zero-order chi connectivity index (χ0) is 41.5. The van der Waals surface area contributed by atoms with E-state index in [0.717, 1.165) is 33.4 Å². The van der Waals surface area contributed by atoms with Gasteiger partial charge in [0.1, 0.15) is 0 Å². The van der Waals surface area contributed by atoms with Crippen LogP contribution in [0.2, 0.25) is 0 Å². The van der Waals surface area contributed by atoms with Gasteiger partial charge in [-0.15, -0.1) is 0 Å². The lowest BCUT2D eigenvalue weighted by Crippen LogP contribution is -1.84. The third kappa shape index (κ3) is 22.9. The smallest absolute Gasteiger partial charge is 0.180 e. The van der Waals surface area contributed by atoms with Crippen LogP contribution in [-0.4, -0.2) is 21.6 Å². The Morgan fingerprint density at radius 1 is 0.276 bits per heavy atom. The van der Waals surface area contributed by atoms with Crippen molar-refractivity contribution in [3.05, 3.63) is 252 Å². The van der Waals surface area contributed by atoms with Crippen molar-refractivity contribution in [2.45, 2.75) is 4.30 Å². The van der Waals surface area contributed by atoms with Gasteiger partial charge in [-0.3, -0.25) is 14.4 Å². The Morgan fingerprint density at radius 2 is 0.397 bits per heavy atom. The van der Waals surface area contributed by atoms with Gasteiger partial charge in [0.15, 0.2) is 21.6 Å². The van der Waals surface area contributed by atoms with Gasteiger partial charge in [0, 0.05) is 0 Å². The summed E-state index contributed by atoms with van der Waals surface area (Å²) in [7, 11) is 0. The Hall–Kier alpha value is -6.36. The number of ketones is 3. The van der Waals surface area contributed by atoms with E-state index in [1.165, 1.54) is 0 Å². The molecule has 0 unspecified atom stereocenters. The molecule has 0 aliphatic rings. The Kier molecular flexibility index (Phi) is 23.0. The highest BCUT2D eigenvalue weighted by Gasteiger charge is 1.93. The SMILES string of the molecule is ClC(Cl)Cl.O=C(/C=C\c1ccccc1)/C=C/c1ccccc1.O=C(/C=C\c1ccccc1)/C=C/c1ccccc1.O=C(/C=C\c1ccccc1)/C=C/c1ccccc1. The van der Waals surface area contributed by atoms with E-state index in [9.17, 15) is 14.4 Å². The molecule has 3 nitrogen and oxygen atoms in total. The minimum Gasteiger partial charge on any atom is -0.290 e. The zero-order valence-electron chi connectivity index (χ0n) is 31.7. The molecular weight excluding hydrogens is 779 g/mol. The zero-order valence-corrected chi connectivity index (χ0v) is 34.0. The molecule has 6 aromatic rings. The molecule has 0 heterocycles. The predicted molar refractivity (Wildman–Crippen MR) is 249 cm³/mol. The average molecular weight is 822 g/mol. The van der Waals surface area contributed by atoms with E-state index in [1.807, 2.05) is 218 Å². The lowest BCUT2D eigenvalue weighted by atomic mass is 10.1. The van der Waals surface area contributed by atoms with Crippen LogP contribution in [0.5, 0.6) is 0 Å². The number of hydrogen-bond acceptors (Lipinski definition) is 3. The van der Waals surface area contributed by atoms with Gasteiger partial charge in [-0.2, -0.15) is 0 Å². The second kappa shape index (κ2) is 29.0. The molecule has 6 heteroatoms. The molecule has 0 spiro atoms. The number of halogens is 3. The monoisotopic (exact) mass is 820 g/mol. The number of carbonyl (C=O) groups excluding carboxylic acids is 3. The number of benzene rings is 6. The summed E-state index contributed by atoms with van der Waals surface area (Å²) in [6, 6.07) is 58.7. The predicted octanol–water partition coefficient (Wildman–Crippen LogP) is 13.9. The van der Waals surface area contributed by atoms with E-state index in [4.69, 9.17) is 34.8 Å². The van der Waals surface area contributed by atoms with Gasteiger partial charge in [0.05, 0.1) is 0 Å². The molecule has 0 radical (unpaired) electrons. The number of hydrogen-bond donors (Lipinski definition) is 0. The maximum Gasteiger partial charge on any atom is 0.180 e. The largest absolute Gasteiger partial charge is 0.290 e. The van der Waals surface area contributed by atoms with Gasteiger partial charge in [-0.1, -0.05) is 253 Å². The minimum absolute atomic E-state index is 0.0114. The van der Waals surface area contributed by atoms with Gasteiger partial charge < -0.3 is 0 Å². The number of alkyl halides is 3. The third-order valence-electron chi connectivity index (χ3n) is 7.44. The summed E-state index contributed by atoms with van der Waals surface area (Å²) in [6.07, 6.45) is 20.4. The first kappa shape index (κ1) is 46.0. The van der Waals surface area contributed by atoms with Crippen LogP contribution in [0.15, 0.2) is 218 Å². The van der Waals surface area contributed by atoms with Crippen LogP contribution in [0, 0.1) is 0 Å². The first-order chi connectivity index (χ1) is 28.3. The van der Waals surface area contributed by atoms with Crippen molar-refractivity contribution in [2.75, 3.05) is 0 Å².